The number of nitrogens with one attached hydrogen (secondary N) is 1. The van der Waals surface area contributed by atoms with Gasteiger partial charge in [0.15, 0.2) is 5.78 Å². The van der Waals surface area contributed by atoms with Crippen LogP contribution in [-0.2, 0) is 24.3 Å². The number of hydrogen-bond donors (Lipinski definition) is 1. The topological polar surface area (TPSA) is 81.8 Å². The third-order valence-electron chi connectivity index (χ3n) is 5.62. The third kappa shape index (κ3) is 3.35. The van der Waals surface area contributed by atoms with E-state index in [1.54, 1.807) is 0 Å². The first-order chi connectivity index (χ1) is 14.6. The molecule has 1 aliphatic carbocycles. The van der Waals surface area contributed by atoms with Gasteiger partial charge in [0.1, 0.15) is 0 Å². The van der Waals surface area contributed by atoms with Gasteiger partial charge >= 0.3 is 0 Å². The van der Waals surface area contributed by atoms with Crippen LogP contribution in [0.2, 0.25) is 5.28 Å². The van der Waals surface area contributed by atoms with Crippen LogP contribution in [0.1, 0.15) is 40.3 Å². The van der Waals surface area contributed by atoms with Gasteiger partial charge in [0.25, 0.3) is 5.91 Å². The van der Waals surface area contributed by atoms with Crippen molar-refractivity contribution in [1.29, 1.82) is 0 Å². The van der Waals surface area contributed by atoms with E-state index in [1.807, 2.05) is 42.6 Å². The molecule has 0 radical (unpaired) electrons. The van der Waals surface area contributed by atoms with Crippen LogP contribution in [0.15, 0.2) is 48.7 Å². The van der Waals surface area contributed by atoms with Gasteiger partial charge in [-0.1, -0.05) is 36.4 Å². The molecule has 30 heavy (non-hydrogen) atoms. The maximum Gasteiger partial charge on any atom is 0.291 e. The average Bonchev–Trinajstić information content (AvgIpc) is 3.31. The van der Waals surface area contributed by atoms with Gasteiger partial charge in [-0.3, -0.25) is 9.59 Å². The van der Waals surface area contributed by atoms with E-state index in [0.29, 0.717) is 25.1 Å². The van der Waals surface area contributed by atoms with Gasteiger partial charge in [-0.25, -0.2) is 4.68 Å². The maximum absolute atomic E-state index is 13.1. The van der Waals surface area contributed by atoms with Crippen LogP contribution >= 0.6 is 11.6 Å². The number of ketones is 1. The standard InChI is InChI=1S/C22H20ClN5O2/c23-22-25-20(26-28(22)13-14-5-2-1-3-6-14)21(30)24-17-10-12-27-11-9-15-7-4-8-16(18(15)27)19(17)29/h1-3,5-6,8-9,11,17H,4,7,10,12-13H2,(H,24,30). The molecule has 7 nitrogen and oxygen atoms in total. The highest BCUT2D eigenvalue weighted by Crippen LogP contribution is 2.32. The number of aromatic nitrogens is 4. The summed E-state index contributed by atoms with van der Waals surface area (Å²) in [5, 5.41) is 7.20. The average molecular weight is 422 g/mol. The van der Waals surface area contributed by atoms with Crippen LogP contribution in [0, 0.1) is 0 Å². The molecule has 0 saturated heterocycles. The Morgan fingerprint density at radius 3 is 2.90 bits per heavy atom. The fraction of sp³-hybridized carbons (Fsp3) is 0.273. The Hall–Kier alpha value is -3.19. The number of rotatable bonds is 4. The second-order valence-electron chi connectivity index (χ2n) is 7.57. The highest BCUT2D eigenvalue weighted by atomic mass is 35.5. The summed E-state index contributed by atoms with van der Waals surface area (Å²) in [6.45, 7) is 1.08. The van der Waals surface area contributed by atoms with Gasteiger partial charge in [-0.2, -0.15) is 4.98 Å². The van der Waals surface area contributed by atoms with Gasteiger partial charge < -0.3 is 9.88 Å². The number of nitrogens with zero attached hydrogens (tertiary/aromatic N) is 4. The molecule has 8 heteroatoms. The lowest BCUT2D eigenvalue weighted by molar-refractivity contribution is -0.115. The van der Waals surface area contributed by atoms with Crippen molar-refractivity contribution in [2.45, 2.75) is 38.4 Å². The highest BCUT2D eigenvalue weighted by molar-refractivity contribution is 6.28. The van der Waals surface area contributed by atoms with Crippen LogP contribution in [0.4, 0.5) is 0 Å². The summed E-state index contributed by atoms with van der Waals surface area (Å²) in [6.07, 6.45) is 6.29. The van der Waals surface area contributed by atoms with Crippen molar-refractivity contribution in [3.63, 3.8) is 0 Å². The molecule has 0 fully saturated rings. The van der Waals surface area contributed by atoms with Crippen molar-refractivity contribution < 1.29 is 9.59 Å². The molecule has 2 aliphatic rings. The zero-order valence-corrected chi connectivity index (χ0v) is 17.0. The van der Waals surface area contributed by atoms with E-state index in [0.717, 1.165) is 24.1 Å². The molecule has 0 spiro atoms. The van der Waals surface area contributed by atoms with Crippen LogP contribution in [-0.4, -0.2) is 37.1 Å². The molecular formula is C22H20ClN5O2. The highest BCUT2D eigenvalue weighted by Gasteiger charge is 2.33. The van der Waals surface area contributed by atoms with Crippen molar-refractivity contribution >= 4 is 28.9 Å². The predicted octanol–water partition coefficient (Wildman–Crippen LogP) is 2.88. The van der Waals surface area contributed by atoms with Gasteiger partial charge in [0.2, 0.25) is 11.1 Å². The molecule has 3 heterocycles. The molecule has 5 rings (SSSR count). The van der Waals surface area contributed by atoms with Gasteiger partial charge in [0.05, 0.1) is 18.3 Å². The van der Waals surface area contributed by atoms with E-state index in [1.165, 1.54) is 10.2 Å². The zero-order valence-electron chi connectivity index (χ0n) is 16.2. The summed E-state index contributed by atoms with van der Waals surface area (Å²) in [7, 11) is 0. The monoisotopic (exact) mass is 421 g/mol. The maximum atomic E-state index is 13.1. The van der Waals surface area contributed by atoms with E-state index in [4.69, 9.17) is 11.6 Å². The quantitative estimate of drug-likeness (QED) is 0.702. The molecule has 0 saturated carbocycles. The van der Waals surface area contributed by atoms with Crippen LogP contribution in [0.25, 0.3) is 5.57 Å². The Morgan fingerprint density at radius 2 is 2.07 bits per heavy atom. The molecule has 1 aliphatic heterocycles. The Labute approximate surface area is 178 Å². The fourth-order valence-corrected chi connectivity index (χ4v) is 4.32. The van der Waals surface area contributed by atoms with Crippen LogP contribution in [0.5, 0.6) is 0 Å². The number of amides is 1. The molecule has 1 amide bonds. The molecule has 1 unspecified atom stereocenters. The largest absolute Gasteiger partial charge is 0.347 e. The van der Waals surface area contributed by atoms with E-state index < -0.39 is 11.9 Å². The molecular weight excluding hydrogens is 402 g/mol. The lowest BCUT2D eigenvalue weighted by Crippen LogP contribution is -2.41. The number of allylic oxidation sites excluding steroid dienone is 1. The SMILES string of the molecule is O=C(NC1CCn2ccc3c2C(=CCC3)C1=O)c1nc(Cl)n(Cc2ccccc2)n1. The van der Waals surface area contributed by atoms with Crippen molar-refractivity contribution in [2.75, 3.05) is 0 Å². The number of carbonyl (C=O) groups excluding carboxylic acids is 2. The summed E-state index contributed by atoms with van der Waals surface area (Å²) in [5.41, 5.74) is 3.89. The summed E-state index contributed by atoms with van der Waals surface area (Å²) >= 11 is 6.18. The minimum absolute atomic E-state index is 0.0362. The van der Waals surface area contributed by atoms with Crippen molar-refractivity contribution in [2.24, 2.45) is 0 Å². The number of benzene rings is 1. The minimum Gasteiger partial charge on any atom is -0.347 e. The predicted molar refractivity (Wildman–Crippen MR) is 112 cm³/mol. The zero-order chi connectivity index (χ0) is 20.7. The first kappa shape index (κ1) is 18.8. The normalized spacial score (nSPS) is 17.8. The van der Waals surface area contributed by atoms with Crippen molar-refractivity contribution in [1.82, 2.24) is 24.6 Å². The fourth-order valence-electron chi connectivity index (χ4n) is 4.14. The van der Waals surface area contributed by atoms with Gasteiger partial charge in [-0.05, 0) is 48.1 Å². The van der Waals surface area contributed by atoms with Crippen LogP contribution < -0.4 is 5.32 Å². The Kier molecular flexibility index (Phi) is 4.75. The Morgan fingerprint density at radius 1 is 1.23 bits per heavy atom. The first-order valence-electron chi connectivity index (χ1n) is 9.98. The number of Topliss-reactive ketones (excluding diaryl/α,β-unsaturated/α-hetero) is 1. The molecule has 1 atom stereocenters. The second kappa shape index (κ2) is 7.57. The van der Waals surface area contributed by atoms with Gasteiger partial charge in [-0.15, -0.1) is 5.10 Å². The van der Waals surface area contributed by atoms with Gasteiger partial charge in [0, 0.05) is 18.3 Å². The number of aryl methyl sites for hydroxylation is 2. The molecule has 152 valence electrons. The molecule has 1 aromatic carbocycles. The van der Waals surface area contributed by atoms with Crippen molar-refractivity contribution in [3.8, 4) is 0 Å². The lowest BCUT2D eigenvalue weighted by atomic mass is 9.92. The van der Waals surface area contributed by atoms with E-state index in [2.05, 4.69) is 26.0 Å². The third-order valence-corrected chi connectivity index (χ3v) is 5.89. The smallest absolute Gasteiger partial charge is 0.291 e. The summed E-state index contributed by atoms with van der Waals surface area (Å²) in [6, 6.07) is 11.1. The minimum atomic E-state index is -0.616. The Bertz CT molecular complexity index is 1160. The molecule has 1 N–H and O–H groups in total. The lowest BCUT2D eigenvalue weighted by Gasteiger charge is -2.17. The Balaban J connectivity index is 1.34. The number of halogens is 1. The van der Waals surface area contributed by atoms with E-state index in [9.17, 15) is 9.59 Å². The molecule has 2 aromatic heterocycles. The second-order valence-corrected chi connectivity index (χ2v) is 7.90. The van der Waals surface area contributed by atoms with Crippen molar-refractivity contribution in [3.05, 3.63) is 76.6 Å². The van der Waals surface area contributed by atoms with E-state index >= 15 is 0 Å². The molecule has 0 bridgehead atoms. The molecule has 3 aromatic rings. The summed E-state index contributed by atoms with van der Waals surface area (Å²) < 4.78 is 3.58. The van der Waals surface area contributed by atoms with E-state index in [-0.39, 0.29) is 16.9 Å². The van der Waals surface area contributed by atoms with Crippen LogP contribution in [0.3, 0.4) is 0 Å². The summed E-state index contributed by atoms with van der Waals surface area (Å²) in [5.74, 6) is -0.590. The number of carbonyl (C=O) groups is 2. The first-order valence-corrected chi connectivity index (χ1v) is 10.4. The summed E-state index contributed by atoms with van der Waals surface area (Å²) in [4.78, 5) is 30.0. The number of hydrogen-bond acceptors (Lipinski definition) is 4.